The fourth-order valence-electron chi connectivity index (χ4n) is 2.66. The van der Waals surface area contributed by atoms with Crippen molar-refractivity contribution in [3.63, 3.8) is 0 Å². The van der Waals surface area contributed by atoms with Crippen molar-refractivity contribution in [2.75, 3.05) is 34.4 Å². The highest BCUT2D eigenvalue weighted by Crippen LogP contribution is 2.38. The number of hydrogen-bond donors (Lipinski definition) is 1. The molecular weight excluding hydrogens is 376 g/mol. The normalized spacial score (nSPS) is 17.6. The molecule has 1 N–H and O–H groups in total. The highest BCUT2D eigenvalue weighted by atomic mass is 28.4. The molecule has 0 aromatic carbocycles. The molecule has 0 amide bonds. The Bertz CT molecular complexity index is 422. The summed E-state index contributed by atoms with van der Waals surface area (Å²) in [7, 11) is 1.29. The quantitative estimate of drug-likeness (QED) is 0.241. The van der Waals surface area contributed by atoms with Crippen LogP contribution in [-0.4, -0.2) is 66.1 Å². The van der Waals surface area contributed by atoms with Crippen LogP contribution < -0.4 is 0 Å². The number of ether oxygens (including phenoxy) is 4. The molecule has 0 aromatic rings. The molecule has 0 aliphatic carbocycles. The second kappa shape index (κ2) is 13.9. The fourth-order valence-corrected chi connectivity index (χ4v) is 4.04. The summed E-state index contributed by atoms with van der Waals surface area (Å²) in [5.74, 6) is 0.128. The monoisotopic (exact) mass is 420 g/mol. The molecule has 0 saturated heterocycles. The van der Waals surface area contributed by atoms with E-state index in [4.69, 9.17) is 28.5 Å². The average Bonchev–Trinajstić information content (AvgIpc) is 2.59. The lowest BCUT2D eigenvalue weighted by molar-refractivity contribution is -0.104. The molecule has 0 heterocycles. The van der Waals surface area contributed by atoms with Gasteiger partial charge in [0.2, 0.25) is 0 Å². The molecule has 7 heteroatoms. The predicted octanol–water partition coefficient (Wildman–Crippen LogP) is 4.34. The number of hydrogen-bond acceptors (Lipinski definition) is 6. The smallest absolute Gasteiger partial charge is 0.192 e. The maximum Gasteiger partial charge on any atom is 0.192 e. The molecule has 0 fully saturated rings. The first kappa shape index (κ1) is 27.7. The van der Waals surface area contributed by atoms with Crippen LogP contribution in [0.4, 0.5) is 0 Å². The van der Waals surface area contributed by atoms with Gasteiger partial charge in [-0.25, -0.2) is 0 Å². The maximum atomic E-state index is 9.10. The zero-order chi connectivity index (χ0) is 21.8. The van der Waals surface area contributed by atoms with Gasteiger partial charge in [0.25, 0.3) is 0 Å². The fraction of sp³-hybridized carbons (Fsp3) is 0.905. The summed E-state index contributed by atoms with van der Waals surface area (Å²) in [5.41, 5.74) is 0. The van der Waals surface area contributed by atoms with Gasteiger partial charge in [0.05, 0.1) is 18.8 Å². The third kappa shape index (κ3) is 11.0. The van der Waals surface area contributed by atoms with Crippen LogP contribution in [0.1, 0.15) is 47.5 Å². The Balaban J connectivity index is 5.37. The lowest BCUT2D eigenvalue weighted by Gasteiger charge is -2.41. The Morgan fingerprint density at radius 1 is 0.964 bits per heavy atom. The van der Waals surface area contributed by atoms with Gasteiger partial charge in [-0.1, -0.05) is 39.8 Å². The van der Waals surface area contributed by atoms with Crippen molar-refractivity contribution in [1.29, 1.82) is 0 Å². The topological polar surface area (TPSA) is 66.4 Å². The summed E-state index contributed by atoms with van der Waals surface area (Å²) in [4.78, 5) is 0. The largest absolute Gasteiger partial charge is 0.414 e. The van der Waals surface area contributed by atoms with Crippen LogP contribution in [0.15, 0.2) is 12.2 Å². The summed E-state index contributed by atoms with van der Waals surface area (Å²) in [5, 5.41) is 9.22. The second-order valence-corrected chi connectivity index (χ2v) is 13.7. The van der Waals surface area contributed by atoms with Crippen LogP contribution in [0, 0.1) is 5.92 Å². The van der Waals surface area contributed by atoms with Gasteiger partial charge in [-0.15, -0.1) is 0 Å². The van der Waals surface area contributed by atoms with Gasteiger partial charge in [-0.3, -0.25) is 0 Å². The summed E-state index contributed by atoms with van der Waals surface area (Å²) in [6.07, 6.45) is 5.16. The van der Waals surface area contributed by atoms with E-state index in [0.29, 0.717) is 0 Å². The minimum atomic E-state index is -1.96. The van der Waals surface area contributed by atoms with Crippen molar-refractivity contribution < 1.29 is 28.5 Å². The van der Waals surface area contributed by atoms with E-state index in [1.165, 1.54) is 0 Å². The highest BCUT2D eigenvalue weighted by Gasteiger charge is 2.40. The summed E-state index contributed by atoms with van der Waals surface area (Å²) in [6.45, 7) is 15.9. The van der Waals surface area contributed by atoms with Crippen LogP contribution in [0.2, 0.25) is 18.1 Å². The van der Waals surface area contributed by atoms with Crippen molar-refractivity contribution in [3.05, 3.63) is 12.2 Å². The van der Waals surface area contributed by atoms with E-state index in [0.717, 1.165) is 12.8 Å². The Morgan fingerprint density at radius 2 is 1.54 bits per heavy atom. The molecule has 0 aliphatic heterocycles. The SMILES string of the molecule is COCO[C@H](C)C[C@@H](C[C@H](OCOC)[C@H](C)/C=C/CO)O[Si](C)(C)C(C)(C)C. The van der Waals surface area contributed by atoms with Crippen LogP contribution in [0.5, 0.6) is 0 Å². The molecule has 0 aromatic heterocycles. The first-order valence-electron chi connectivity index (χ1n) is 10.1. The van der Waals surface area contributed by atoms with Gasteiger partial charge in [0, 0.05) is 26.2 Å². The number of aliphatic hydroxyl groups excluding tert-OH is 1. The van der Waals surface area contributed by atoms with E-state index in [9.17, 15) is 0 Å². The molecule has 0 rings (SSSR count). The number of methoxy groups -OCH3 is 2. The summed E-state index contributed by atoms with van der Waals surface area (Å²) < 4.78 is 28.6. The maximum absolute atomic E-state index is 9.10. The van der Waals surface area contributed by atoms with E-state index in [-0.39, 0.29) is 49.5 Å². The molecule has 0 radical (unpaired) electrons. The molecule has 0 spiro atoms. The van der Waals surface area contributed by atoms with Gasteiger partial charge in [0.1, 0.15) is 13.6 Å². The Morgan fingerprint density at radius 3 is 2.04 bits per heavy atom. The molecule has 0 saturated carbocycles. The van der Waals surface area contributed by atoms with Gasteiger partial charge in [-0.2, -0.15) is 0 Å². The molecule has 0 bridgehead atoms. The van der Waals surface area contributed by atoms with Gasteiger partial charge in [0.15, 0.2) is 8.32 Å². The van der Waals surface area contributed by atoms with Crippen LogP contribution in [0.25, 0.3) is 0 Å². The minimum absolute atomic E-state index is 0.000388. The van der Waals surface area contributed by atoms with Crippen molar-refractivity contribution in [2.24, 2.45) is 5.92 Å². The van der Waals surface area contributed by atoms with E-state index in [2.05, 4.69) is 40.8 Å². The summed E-state index contributed by atoms with van der Waals surface area (Å²) in [6, 6.07) is 0. The lowest BCUT2D eigenvalue weighted by Crippen LogP contribution is -2.46. The summed E-state index contributed by atoms with van der Waals surface area (Å²) >= 11 is 0. The van der Waals surface area contributed by atoms with Crippen LogP contribution in [-0.2, 0) is 23.4 Å². The van der Waals surface area contributed by atoms with Gasteiger partial charge in [-0.05, 0) is 37.9 Å². The van der Waals surface area contributed by atoms with E-state index < -0.39 is 8.32 Å². The van der Waals surface area contributed by atoms with Crippen molar-refractivity contribution in [2.45, 2.75) is 83.9 Å². The molecular formula is C21H44O6Si. The number of rotatable bonds is 15. The van der Waals surface area contributed by atoms with Crippen molar-refractivity contribution in [3.8, 4) is 0 Å². The third-order valence-corrected chi connectivity index (χ3v) is 9.89. The molecule has 0 unspecified atom stereocenters. The Kier molecular flexibility index (Phi) is 13.7. The van der Waals surface area contributed by atoms with Crippen LogP contribution in [0.3, 0.4) is 0 Å². The molecule has 4 atom stereocenters. The van der Waals surface area contributed by atoms with E-state index in [1.807, 2.05) is 13.0 Å². The first-order valence-corrected chi connectivity index (χ1v) is 13.1. The zero-order valence-electron chi connectivity index (χ0n) is 19.5. The minimum Gasteiger partial charge on any atom is -0.414 e. The second-order valence-electron chi connectivity index (χ2n) is 8.94. The van der Waals surface area contributed by atoms with Crippen molar-refractivity contribution in [1.82, 2.24) is 0 Å². The Hall–Kier alpha value is -0.283. The van der Waals surface area contributed by atoms with E-state index >= 15 is 0 Å². The van der Waals surface area contributed by atoms with E-state index in [1.54, 1.807) is 20.3 Å². The average molecular weight is 421 g/mol. The number of aliphatic hydroxyl groups is 1. The van der Waals surface area contributed by atoms with Crippen molar-refractivity contribution >= 4 is 8.32 Å². The molecule has 28 heavy (non-hydrogen) atoms. The molecule has 6 nitrogen and oxygen atoms in total. The highest BCUT2D eigenvalue weighted by molar-refractivity contribution is 6.74. The molecule has 168 valence electrons. The Labute approximate surface area is 173 Å². The van der Waals surface area contributed by atoms with Gasteiger partial charge >= 0.3 is 0 Å². The zero-order valence-corrected chi connectivity index (χ0v) is 20.5. The van der Waals surface area contributed by atoms with Crippen LogP contribution >= 0.6 is 0 Å². The third-order valence-electron chi connectivity index (χ3n) is 5.36. The molecule has 0 aliphatic rings. The predicted molar refractivity (Wildman–Crippen MR) is 116 cm³/mol. The standard InChI is InChI=1S/C21H44O6Si/c1-17(11-10-12-22)20(26-16-24-7)14-19(13-18(2)25-15-23-6)27-28(8,9)21(3,4)5/h10-11,17-20,22H,12-16H2,1-9H3/b11-10+/t17-,18-,19+,20+/m1/s1. The van der Waals surface area contributed by atoms with Gasteiger partial charge < -0.3 is 28.5 Å². The first-order chi connectivity index (χ1) is 13.0. The lowest BCUT2D eigenvalue weighted by atomic mass is 9.96.